The third-order valence-corrected chi connectivity index (χ3v) is 6.09. The lowest BCUT2D eigenvalue weighted by Gasteiger charge is -2.39. The van der Waals surface area contributed by atoms with Gasteiger partial charge in [-0.3, -0.25) is 9.80 Å². The van der Waals surface area contributed by atoms with Crippen molar-refractivity contribution in [1.82, 2.24) is 14.7 Å². The van der Waals surface area contributed by atoms with E-state index in [1.807, 2.05) is 0 Å². The zero-order chi connectivity index (χ0) is 14.2. The van der Waals surface area contributed by atoms with E-state index in [9.17, 15) is 0 Å². The molecule has 3 heterocycles. The highest BCUT2D eigenvalue weighted by atomic mass is 15.3. The summed E-state index contributed by atoms with van der Waals surface area (Å²) in [5.74, 6) is 0. The summed E-state index contributed by atoms with van der Waals surface area (Å²) in [6.45, 7) is 9.45. The first-order valence-electron chi connectivity index (χ1n) is 8.54. The Bertz CT molecular complexity index is 316. The van der Waals surface area contributed by atoms with Gasteiger partial charge in [0.15, 0.2) is 0 Å². The van der Waals surface area contributed by atoms with Gasteiger partial charge in [0.05, 0.1) is 0 Å². The van der Waals surface area contributed by atoms with E-state index in [0.29, 0.717) is 6.04 Å². The van der Waals surface area contributed by atoms with Crippen LogP contribution in [0.3, 0.4) is 0 Å². The normalized spacial score (nSPS) is 41.5. The fourth-order valence-electron chi connectivity index (χ4n) is 4.65. The minimum absolute atomic E-state index is 0.249. The highest BCUT2D eigenvalue weighted by molar-refractivity contribution is 5.05. The maximum absolute atomic E-state index is 6.22. The predicted octanol–water partition coefficient (Wildman–Crippen LogP) is 0.968. The van der Waals surface area contributed by atoms with Crippen LogP contribution in [0.15, 0.2) is 0 Å². The molecule has 0 saturated carbocycles. The number of rotatable bonds is 3. The molecule has 4 heteroatoms. The molecule has 0 spiro atoms. The van der Waals surface area contributed by atoms with Gasteiger partial charge in [0, 0.05) is 43.8 Å². The van der Waals surface area contributed by atoms with Gasteiger partial charge < -0.3 is 10.6 Å². The number of nitrogens with zero attached hydrogens (tertiary/aromatic N) is 3. The monoisotopic (exact) mass is 280 g/mol. The smallest absolute Gasteiger partial charge is 0.0473 e. The van der Waals surface area contributed by atoms with Crippen molar-refractivity contribution < 1.29 is 0 Å². The molecule has 0 aromatic rings. The topological polar surface area (TPSA) is 35.7 Å². The van der Waals surface area contributed by atoms with Gasteiger partial charge in [-0.2, -0.15) is 0 Å². The van der Waals surface area contributed by atoms with Gasteiger partial charge in [-0.15, -0.1) is 0 Å². The molecule has 0 aliphatic carbocycles. The Morgan fingerprint density at radius 2 is 1.90 bits per heavy atom. The van der Waals surface area contributed by atoms with Gasteiger partial charge in [-0.25, -0.2) is 0 Å². The molecule has 3 unspecified atom stereocenters. The van der Waals surface area contributed by atoms with Crippen LogP contribution in [-0.4, -0.2) is 78.6 Å². The highest BCUT2D eigenvalue weighted by Crippen LogP contribution is 2.34. The van der Waals surface area contributed by atoms with Crippen molar-refractivity contribution in [2.75, 3.05) is 46.3 Å². The second kappa shape index (κ2) is 5.91. The lowest BCUT2D eigenvalue weighted by atomic mass is 9.94. The number of likely N-dealkylation sites (tertiary alicyclic amines) is 3. The van der Waals surface area contributed by atoms with Crippen molar-refractivity contribution in [3.05, 3.63) is 0 Å². The Morgan fingerprint density at radius 1 is 1.15 bits per heavy atom. The van der Waals surface area contributed by atoms with E-state index in [2.05, 4.69) is 28.7 Å². The van der Waals surface area contributed by atoms with Crippen LogP contribution >= 0.6 is 0 Å². The average Bonchev–Trinajstić information content (AvgIpc) is 3.07. The molecule has 0 aromatic heterocycles. The molecule has 3 saturated heterocycles. The molecule has 0 radical (unpaired) electrons. The molecule has 3 aliphatic heterocycles. The van der Waals surface area contributed by atoms with Crippen LogP contribution in [0, 0.1) is 0 Å². The van der Waals surface area contributed by atoms with Crippen molar-refractivity contribution in [3.63, 3.8) is 0 Å². The summed E-state index contributed by atoms with van der Waals surface area (Å²) < 4.78 is 0. The molecule has 0 aromatic carbocycles. The van der Waals surface area contributed by atoms with Crippen LogP contribution in [0.2, 0.25) is 0 Å². The van der Waals surface area contributed by atoms with E-state index in [-0.39, 0.29) is 5.54 Å². The van der Waals surface area contributed by atoms with Crippen LogP contribution in [-0.2, 0) is 0 Å². The lowest BCUT2D eigenvalue weighted by Crippen LogP contribution is -2.55. The van der Waals surface area contributed by atoms with Crippen molar-refractivity contribution in [3.8, 4) is 0 Å². The second-order valence-electron chi connectivity index (χ2n) is 7.38. The fraction of sp³-hybridized carbons (Fsp3) is 1.00. The van der Waals surface area contributed by atoms with E-state index in [1.165, 1.54) is 58.3 Å². The number of likely N-dealkylation sites (N-methyl/N-ethyl adjacent to an activating group) is 1. The largest absolute Gasteiger partial charge is 0.329 e. The maximum Gasteiger partial charge on any atom is 0.0473 e. The summed E-state index contributed by atoms with van der Waals surface area (Å²) in [4.78, 5) is 7.96. The summed E-state index contributed by atoms with van der Waals surface area (Å²) in [5, 5.41) is 0. The van der Waals surface area contributed by atoms with Crippen LogP contribution in [0.4, 0.5) is 0 Å². The zero-order valence-corrected chi connectivity index (χ0v) is 13.4. The molecule has 20 heavy (non-hydrogen) atoms. The Kier molecular flexibility index (Phi) is 4.37. The van der Waals surface area contributed by atoms with Gasteiger partial charge in [0.25, 0.3) is 0 Å². The highest BCUT2D eigenvalue weighted by Gasteiger charge is 2.46. The van der Waals surface area contributed by atoms with Crippen LogP contribution in [0.25, 0.3) is 0 Å². The first kappa shape index (κ1) is 14.8. The van der Waals surface area contributed by atoms with Gasteiger partial charge in [0.2, 0.25) is 0 Å². The van der Waals surface area contributed by atoms with E-state index >= 15 is 0 Å². The molecule has 2 N–H and O–H groups in total. The van der Waals surface area contributed by atoms with E-state index < -0.39 is 0 Å². The molecule has 3 rings (SSSR count). The number of piperidine rings is 1. The third-order valence-electron chi connectivity index (χ3n) is 6.09. The van der Waals surface area contributed by atoms with Gasteiger partial charge in [0.1, 0.15) is 0 Å². The molecular weight excluding hydrogens is 248 g/mol. The minimum atomic E-state index is 0.249. The standard InChI is InChI=1S/C16H32N4/c1-14-10-16(12-17,13-18(14)2)20-9-6-15(11-20)19-7-4-3-5-8-19/h14-15H,3-13,17H2,1-2H3. The molecule has 3 atom stereocenters. The van der Waals surface area contributed by atoms with Gasteiger partial charge in [-0.1, -0.05) is 6.42 Å². The van der Waals surface area contributed by atoms with Crippen LogP contribution in [0.1, 0.15) is 39.0 Å². The SMILES string of the molecule is CC1CC(CN)(N2CCC(N3CCCCC3)C2)CN1C. The fourth-order valence-corrected chi connectivity index (χ4v) is 4.65. The van der Waals surface area contributed by atoms with Crippen molar-refractivity contribution in [1.29, 1.82) is 0 Å². The Hall–Kier alpha value is -0.160. The lowest BCUT2D eigenvalue weighted by molar-refractivity contribution is 0.107. The van der Waals surface area contributed by atoms with Gasteiger partial charge in [-0.05, 0) is 52.7 Å². The van der Waals surface area contributed by atoms with Gasteiger partial charge >= 0.3 is 0 Å². The Morgan fingerprint density at radius 3 is 2.50 bits per heavy atom. The predicted molar refractivity (Wildman–Crippen MR) is 83.9 cm³/mol. The number of nitrogens with two attached hydrogens (primary N) is 1. The van der Waals surface area contributed by atoms with Crippen molar-refractivity contribution in [2.24, 2.45) is 5.73 Å². The summed E-state index contributed by atoms with van der Waals surface area (Å²) in [6.07, 6.45) is 6.82. The van der Waals surface area contributed by atoms with Crippen LogP contribution in [0.5, 0.6) is 0 Å². The zero-order valence-electron chi connectivity index (χ0n) is 13.4. The molecule has 3 aliphatic rings. The van der Waals surface area contributed by atoms with Crippen molar-refractivity contribution in [2.45, 2.75) is 56.7 Å². The Balaban J connectivity index is 1.63. The van der Waals surface area contributed by atoms with E-state index in [0.717, 1.165) is 19.1 Å². The average molecular weight is 280 g/mol. The maximum atomic E-state index is 6.22. The first-order chi connectivity index (χ1) is 9.64. The summed E-state index contributed by atoms with van der Waals surface area (Å²) >= 11 is 0. The van der Waals surface area contributed by atoms with E-state index in [4.69, 9.17) is 5.73 Å². The third kappa shape index (κ3) is 2.63. The molecule has 3 fully saturated rings. The second-order valence-corrected chi connectivity index (χ2v) is 7.38. The quantitative estimate of drug-likeness (QED) is 0.835. The molecular formula is C16H32N4. The first-order valence-corrected chi connectivity index (χ1v) is 8.54. The Labute approximate surface area is 124 Å². The van der Waals surface area contributed by atoms with E-state index in [1.54, 1.807) is 0 Å². The summed E-state index contributed by atoms with van der Waals surface area (Å²) in [6, 6.07) is 1.47. The molecule has 116 valence electrons. The van der Waals surface area contributed by atoms with Crippen LogP contribution < -0.4 is 5.73 Å². The summed E-state index contributed by atoms with van der Waals surface area (Å²) in [7, 11) is 2.25. The minimum Gasteiger partial charge on any atom is -0.329 e. The number of hydrogen-bond acceptors (Lipinski definition) is 4. The van der Waals surface area contributed by atoms with Crippen molar-refractivity contribution >= 4 is 0 Å². The summed E-state index contributed by atoms with van der Waals surface area (Å²) in [5.41, 5.74) is 6.46. The molecule has 0 bridgehead atoms. The molecule has 0 amide bonds. The molecule has 4 nitrogen and oxygen atoms in total. The number of hydrogen-bond donors (Lipinski definition) is 1.